The van der Waals surface area contributed by atoms with Gasteiger partial charge in [-0.25, -0.2) is 13.1 Å². The van der Waals surface area contributed by atoms with Crippen molar-refractivity contribution < 1.29 is 13.2 Å². The summed E-state index contributed by atoms with van der Waals surface area (Å²) in [4.78, 5) is 13.3. The van der Waals surface area contributed by atoms with Gasteiger partial charge in [0.15, 0.2) is 0 Å². The van der Waals surface area contributed by atoms with E-state index in [1.54, 1.807) is 0 Å². The second kappa shape index (κ2) is 7.21. The first kappa shape index (κ1) is 16.9. The van der Waals surface area contributed by atoms with E-state index in [9.17, 15) is 13.2 Å². The molecule has 1 fully saturated rings. The van der Waals surface area contributed by atoms with Crippen LogP contribution in [0.1, 0.15) is 18.9 Å². The van der Waals surface area contributed by atoms with Crippen molar-refractivity contribution in [3.8, 4) is 0 Å². The molecule has 0 bridgehead atoms. The Balaban J connectivity index is 1.81. The molecule has 1 aromatic rings. The maximum atomic E-state index is 11.1. The molecule has 6 nitrogen and oxygen atoms in total. The van der Waals surface area contributed by atoms with Crippen LogP contribution in [0.2, 0.25) is 0 Å². The van der Waals surface area contributed by atoms with E-state index in [-0.39, 0.29) is 5.91 Å². The summed E-state index contributed by atoms with van der Waals surface area (Å²) in [6, 6.07) is 7.81. The molecule has 1 aliphatic rings. The summed E-state index contributed by atoms with van der Waals surface area (Å²) < 4.78 is 24.8. The second-order valence-electron chi connectivity index (χ2n) is 5.89. The molecule has 1 saturated heterocycles. The van der Waals surface area contributed by atoms with Gasteiger partial charge >= 0.3 is 0 Å². The Labute approximate surface area is 131 Å². The zero-order valence-electron chi connectivity index (χ0n) is 13.0. The lowest BCUT2D eigenvalue weighted by molar-refractivity contribution is -0.114. The number of carbonyl (C=O) groups excluding carboxylic acids is 1. The molecule has 7 heteroatoms. The number of hydrogen-bond acceptors (Lipinski definition) is 4. The highest BCUT2D eigenvalue weighted by Crippen LogP contribution is 2.19. The quantitative estimate of drug-likeness (QED) is 0.818. The zero-order valence-corrected chi connectivity index (χ0v) is 13.8. The van der Waals surface area contributed by atoms with Gasteiger partial charge in [0.2, 0.25) is 15.9 Å². The molecule has 0 spiro atoms. The van der Waals surface area contributed by atoms with Gasteiger partial charge in [-0.3, -0.25) is 9.69 Å². The highest BCUT2D eigenvalue weighted by atomic mass is 32.2. The highest BCUT2D eigenvalue weighted by molar-refractivity contribution is 7.88. The summed E-state index contributed by atoms with van der Waals surface area (Å²) in [6.07, 6.45) is 2.20. The van der Waals surface area contributed by atoms with Crippen molar-refractivity contribution in [3.63, 3.8) is 0 Å². The fraction of sp³-hybridized carbons (Fsp3) is 0.533. The van der Waals surface area contributed by atoms with Crippen LogP contribution in [0.4, 0.5) is 5.69 Å². The molecule has 1 aromatic carbocycles. The van der Waals surface area contributed by atoms with E-state index < -0.39 is 10.0 Å². The van der Waals surface area contributed by atoms with Crippen LogP contribution in [-0.4, -0.2) is 45.1 Å². The van der Waals surface area contributed by atoms with Gasteiger partial charge in [-0.2, -0.15) is 0 Å². The monoisotopic (exact) mass is 325 g/mol. The third-order valence-corrected chi connectivity index (χ3v) is 4.38. The topological polar surface area (TPSA) is 78.5 Å². The third kappa shape index (κ3) is 5.75. The maximum Gasteiger partial charge on any atom is 0.221 e. The molecule has 2 N–H and O–H groups in total. The van der Waals surface area contributed by atoms with Gasteiger partial charge in [0, 0.05) is 32.2 Å². The van der Waals surface area contributed by atoms with Crippen molar-refractivity contribution in [2.24, 2.45) is 5.92 Å². The summed E-state index contributed by atoms with van der Waals surface area (Å²) in [7, 11) is -3.11. The number of rotatable bonds is 6. The molecule has 0 radical (unpaired) electrons. The average molecular weight is 325 g/mol. The van der Waals surface area contributed by atoms with Gasteiger partial charge in [0.05, 0.1) is 6.26 Å². The summed E-state index contributed by atoms with van der Waals surface area (Å²) >= 11 is 0. The molecule has 2 rings (SSSR count). The van der Waals surface area contributed by atoms with E-state index in [4.69, 9.17) is 0 Å². The summed E-state index contributed by atoms with van der Waals surface area (Å²) in [5.41, 5.74) is 1.98. The number of carbonyl (C=O) groups is 1. The fourth-order valence-electron chi connectivity index (χ4n) is 2.65. The first-order valence-corrected chi connectivity index (χ1v) is 9.24. The number of likely N-dealkylation sites (tertiary alicyclic amines) is 1. The largest absolute Gasteiger partial charge is 0.326 e. The summed E-state index contributed by atoms with van der Waals surface area (Å²) in [5, 5.41) is 2.75. The molecule has 1 aliphatic heterocycles. The molecule has 1 atom stereocenters. The highest BCUT2D eigenvalue weighted by Gasteiger charge is 2.23. The summed E-state index contributed by atoms with van der Waals surface area (Å²) in [6.45, 7) is 4.72. The van der Waals surface area contributed by atoms with Crippen molar-refractivity contribution >= 4 is 21.6 Å². The third-order valence-electron chi connectivity index (χ3n) is 3.68. The lowest BCUT2D eigenvalue weighted by Gasteiger charge is -2.16. The maximum absolute atomic E-state index is 11.1. The van der Waals surface area contributed by atoms with E-state index in [0.717, 1.165) is 31.7 Å². The number of nitrogens with one attached hydrogen (secondary N) is 2. The molecular formula is C15H23N3O3S. The van der Waals surface area contributed by atoms with Crippen LogP contribution in [0.5, 0.6) is 0 Å². The Morgan fingerprint density at radius 1 is 1.32 bits per heavy atom. The van der Waals surface area contributed by atoms with Crippen molar-refractivity contribution in [2.45, 2.75) is 19.9 Å². The van der Waals surface area contributed by atoms with Crippen molar-refractivity contribution in [1.29, 1.82) is 0 Å². The molecule has 0 saturated carbocycles. The fourth-order valence-corrected chi connectivity index (χ4v) is 3.19. The minimum Gasteiger partial charge on any atom is -0.326 e. The number of benzene rings is 1. The lowest BCUT2D eigenvalue weighted by atomic mass is 10.1. The van der Waals surface area contributed by atoms with Gasteiger partial charge in [0.25, 0.3) is 0 Å². The average Bonchev–Trinajstić information content (AvgIpc) is 2.85. The number of anilines is 1. The molecule has 1 heterocycles. The molecule has 22 heavy (non-hydrogen) atoms. The van der Waals surface area contributed by atoms with E-state index in [1.165, 1.54) is 18.7 Å². The number of sulfonamides is 1. The van der Waals surface area contributed by atoms with Crippen molar-refractivity contribution in [1.82, 2.24) is 9.62 Å². The lowest BCUT2D eigenvalue weighted by Crippen LogP contribution is -2.30. The van der Waals surface area contributed by atoms with Crippen LogP contribution >= 0.6 is 0 Å². The Hall–Kier alpha value is -1.44. The van der Waals surface area contributed by atoms with Crippen LogP contribution in [-0.2, 0) is 21.4 Å². The predicted molar refractivity (Wildman–Crippen MR) is 87.0 cm³/mol. The number of nitrogens with zero attached hydrogens (tertiary/aromatic N) is 1. The minimum absolute atomic E-state index is 0.0755. The molecule has 0 aromatic heterocycles. The Morgan fingerprint density at radius 2 is 2.00 bits per heavy atom. The van der Waals surface area contributed by atoms with Gasteiger partial charge in [-0.05, 0) is 36.6 Å². The normalized spacial score (nSPS) is 19.3. The molecule has 0 aliphatic carbocycles. The van der Waals surface area contributed by atoms with Gasteiger partial charge < -0.3 is 5.32 Å². The Kier molecular flexibility index (Phi) is 5.55. The predicted octanol–water partition coefficient (Wildman–Crippen LogP) is 1.02. The zero-order chi connectivity index (χ0) is 16.2. The first-order chi connectivity index (χ1) is 10.3. The van der Waals surface area contributed by atoms with Crippen LogP contribution < -0.4 is 10.0 Å². The van der Waals surface area contributed by atoms with E-state index in [0.29, 0.717) is 12.5 Å². The van der Waals surface area contributed by atoms with Gasteiger partial charge in [-0.15, -0.1) is 0 Å². The molecule has 1 unspecified atom stereocenters. The first-order valence-electron chi connectivity index (χ1n) is 7.35. The molecule has 122 valence electrons. The summed E-state index contributed by atoms with van der Waals surface area (Å²) in [5.74, 6) is 0.293. The van der Waals surface area contributed by atoms with Crippen LogP contribution in [0.25, 0.3) is 0 Å². The second-order valence-corrected chi connectivity index (χ2v) is 7.72. The smallest absolute Gasteiger partial charge is 0.221 e. The molecule has 1 amide bonds. The van der Waals surface area contributed by atoms with E-state index >= 15 is 0 Å². The Morgan fingerprint density at radius 3 is 2.59 bits per heavy atom. The minimum atomic E-state index is -3.11. The van der Waals surface area contributed by atoms with Crippen molar-refractivity contribution in [2.75, 3.05) is 31.2 Å². The van der Waals surface area contributed by atoms with E-state index in [1.807, 2.05) is 24.3 Å². The SMILES string of the molecule is CC(=O)Nc1ccc(CN2CCC(CNS(C)(=O)=O)C2)cc1. The van der Waals surface area contributed by atoms with Crippen LogP contribution in [0, 0.1) is 5.92 Å². The van der Waals surface area contributed by atoms with Crippen LogP contribution in [0.3, 0.4) is 0 Å². The van der Waals surface area contributed by atoms with Crippen LogP contribution in [0.15, 0.2) is 24.3 Å². The van der Waals surface area contributed by atoms with Crippen molar-refractivity contribution in [3.05, 3.63) is 29.8 Å². The van der Waals surface area contributed by atoms with Gasteiger partial charge in [-0.1, -0.05) is 12.1 Å². The standard InChI is InChI=1S/C15H23N3O3S/c1-12(19)17-15-5-3-13(4-6-15)10-18-8-7-14(11-18)9-16-22(2,20)21/h3-6,14,16H,7-11H2,1-2H3,(H,17,19). The molecular weight excluding hydrogens is 302 g/mol. The van der Waals surface area contributed by atoms with Gasteiger partial charge in [0.1, 0.15) is 0 Å². The number of hydrogen-bond donors (Lipinski definition) is 2. The number of amides is 1. The Bertz CT molecular complexity index is 613. The van der Waals surface area contributed by atoms with E-state index in [2.05, 4.69) is 14.9 Å².